The summed E-state index contributed by atoms with van der Waals surface area (Å²) in [6, 6.07) is 16.1. The van der Waals surface area contributed by atoms with Gasteiger partial charge in [0.2, 0.25) is 11.8 Å². The van der Waals surface area contributed by atoms with Crippen molar-refractivity contribution in [3.63, 3.8) is 0 Å². The van der Waals surface area contributed by atoms with Crippen molar-refractivity contribution in [1.82, 2.24) is 14.9 Å². The standard InChI is InChI=1S/C25H29F3N2O4.C17H19F3NO4P/c1-5-32-20-13-18(12-17-8-10-30(11-9-17)23(31)34-24(2,3)4)14-21(15-20)33-22-7-6-19(16-29-22)25(26,27)28;1-3-23-26(22,24-4-2)12-13-6-5-7-15(10-13)25-16-9-8-14(11-21-16)17(18,19)20/h6-7,12-16H,5,8-11H2,1-4H3;5-11H,3-4,12H2,1-2H3. The topological polar surface area (TPSA) is 119 Å². The maximum Gasteiger partial charge on any atom is 0.417 e. The number of likely N-dealkylation sites (tertiary alicyclic amines) is 1. The quantitative estimate of drug-likeness (QED) is 0.0949. The molecule has 0 unspecified atom stereocenters. The van der Waals surface area contributed by atoms with Gasteiger partial charge in [-0.15, -0.1) is 0 Å². The van der Waals surface area contributed by atoms with Gasteiger partial charge in [-0.05, 0) is 102 Å². The van der Waals surface area contributed by atoms with Crippen molar-refractivity contribution in [1.29, 1.82) is 0 Å². The number of hydrogen-bond acceptors (Lipinski definition) is 10. The van der Waals surface area contributed by atoms with Crippen molar-refractivity contribution in [3.05, 3.63) is 107 Å². The van der Waals surface area contributed by atoms with Gasteiger partial charge in [0.05, 0.1) is 37.1 Å². The van der Waals surface area contributed by atoms with Gasteiger partial charge < -0.3 is 32.9 Å². The Morgan fingerprint density at radius 2 is 1.28 bits per heavy atom. The second kappa shape index (κ2) is 20.9. The van der Waals surface area contributed by atoms with Crippen molar-refractivity contribution < 1.29 is 63.7 Å². The Labute approximate surface area is 345 Å². The zero-order valence-corrected chi connectivity index (χ0v) is 35.0. The molecule has 5 rings (SSSR count). The highest BCUT2D eigenvalue weighted by molar-refractivity contribution is 7.53. The van der Waals surface area contributed by atoms with Gasteiger partial charge in [-0.2, -0.15) is 26.3 Å². The summed E-state index contributed by atoms with van der Waals surface area (Å²) >= 11 is 0. The van der Waals surface area contributed by atoms with Crippen molar-refractivity contribution in [2.75, 3.05) is 32.9 Å². The van der Waals surface area contributed by atoms with E-state index in [1.165, 1.54) is 6.07 Å². The molecule has 11 nitrogen and oxygen atoms in total. The molecular formula is C42H48F6N3O8P. The molecule has 0 radical (unpaired) electrons. The SMILES string of the molecule is CCOP(=O)(Cc1cccc(Oc2ccc(C(F)(F)F)cn2)c1)OCC.CCOc1cc(C=C2CCN(C(=O)OC(C)(C)C)CC2)cc(Oc2ccc(C(F)(F)F)cn2)c1. The second-order valence-electron chi connectivity index (χ2n) is 14.2. The van der Waals surface area contributed by atoms with Gasteiger partial charge in [-0.25, -0.2) is 14.8 Å². The number of nitrogens with zero attached hydrogens (tertiary/aromatic N) is 3. The number of alkyl halides is 6. The summed E-state index contributed by atoms with van der Waals surface area (Å²) < 4.78 is 121. The van der Waals surface area contributed by atoms with Crippen LogP contribution in [0.2, 0.25) is 0 Å². The molecule has 1 saturated heterocycles. The lowest BCUT2D eigenvalue weighted by Crippen LogP contribution is -2.40. The molecule has 4 aromatic rings. The normalized spacial score (nSPS) is 13.5. The van der Waals surface area contributed by atoms with Crippen LogP contribution in [0.4, 0.5) is 31.1 Å². The van der Waals surface area contributed by atoms with Gasteiger partial charge in [0.15, 0.2) is 0 Å². The number of rotatable bonds is 13. The first-order valence-corrected chi connectivity index (χ1v) is 20.8. The molecule has 1 aliphatic rings. The predicted octanol–water partition coefficient (Wildman–Crippen LogP) is 12.4. The van der Waals surface area contributed by atoms with Crippen molar-refractivity contribution in [3.8, 4) is 29.0 Å². The molecule has 0 spiro atoms. The average Bonchev–Trinajstić information content (AvgIpc) is 3.15. The number of piperidine rings is 1. The van der Waals surface area contributed by atoms with Gasteiger partial charge in [-0.3, -0.25) is 4.57 Å². The first kappa shape index (κ1) is 47.6. The summed E-state index contributed by atoms with van der Waals surface area (Å²) in [4.78, 5) is 21.4. The average molecular weight is 868 g/mol. The van der Waals surface area contributed by atoms with Gasteiger partial charge in [0, 0.05) is 43.7 Å². The lowest BCUT2D eigenvalue weighted by Gasteiger charge is -2.31. The minimum absolute atomic E-state index is 0.0212. The second-order valence-corrected chi connectivity index (χ2v) is 16.2. The van der Waals surface area contributed by atoms with Crippen molar-refractivity contribution >= 4 is 19.8 Å². The Balaban J connectivity index is 0.000000275. The lowest BCUT2D eigenvalue weighted by atomic mass is 10.0. The Bertz CT molecular complexity index is 2070. The lowest BCUT2D eigenvalue weighted by molar-refractivity contribution is -0.138. The van der Waals surface area contributed by atoms with E-state index in [0.29, 0.717) is 61.5 Å². The van der Waals surface area contributed by atoms with E-state index in [4.69, 9.17) is 28.0 Å². The van der Waals surface area contributed by atoms with E-state index in [9.17, 15) is 35.7 Å². The largest absolute Gasteiger partial charge is 0.494 e. The summed E-state index contributed by atoms with van der Waals surface area (Å²) in [6.07, 6.45) is -4.30. The van der Waals surface area contributed by atoms with E-state index in [1.54, 1.807) is 55.1 Å². The molecular weight excluding hydrogens is 819 g/mol. The molecule has 1 fully saturated rings. The van der Waals surface area contributed by atoms with Crippen LogP contribution in [0.3, 0.4) is 0 Å². The Hall–Kier alpha value is -5.12. The third-order valence-electron chi connectivity index (χ3n) is 8.14. The first-order valence-electron chi connectivity index (χ1n) is 19.0. The maximum atomic E-state index is 12.8. The fraction of sp³-hybridized carbons (Fsp3) is 0.405. The van der Waals surface area contributed by atoms with E-state index >= 15 is 0 Å². The van der Waals surface area contributed by atoms with Gasteiger partial charge in [-0.1, -0.05) is 23.8 Å². The smallest absolute Gasteiger partial charge is 0.417 e. The summed E-state index contributed by atoms with van der Waals surface area (Å²) in [5, 5.41) is 0. The van der Waals surface area contributed by atoms with E-state index in [-0.39, 0.29) is 37.2 Å². The van der Waals surface area contributed by atoms with Crippen LogP contribution >= 0.6 is 7.60 Å². The molecule has 2 aromatic heterocycles. The maximum absolute atomic E-state index is 12.8. The van der Waals surface area contributed by atoms with Crippen LogP contribution < -0.4 is 14.2 Å². The number of amides is 1. The minimum Gasteiger partial charge on any atom is -0.494 e. The molecule has 1 aliphatic heterocycles. The van der Waals surface area contributed by atoms with Gasteiger partial charge >= 0.3 is 26.0 Å². The molecule has 0 saturated carbocycles. The highest BCUT2D eigenvalue weighted by Crippen LogP contribution is 2.51. The van der Waals surface area contributed by atoms with Crippen LogP contribution in [0, 0.1) is 0 Å². The third-order valence-corrected chi connectivity index (χ3v) is 10.2. The number of aromatic nitrogens is 2. The third kappa shape index (κ3) is 15.5. The number of benzene rings is 2. The van der Waals surface area contributed by atoms with E-state index in [2.05, 4.69) is 9.97 Å². The molecule has 3 heterocycles. The summed E-state index contributed by atoms with van der Waals surface area (Å²) in [5.74, 6) is 1.40. The fourth-order valence-corrected chi connectivity index (χ4v) is 7.27. The molecule has 1 amide bonds. The number of hydrogen-bond donors (Lipinski definition) is 0. The number of halogens is 6. The Morgan fingerprint density at radius 1 is 0.733 bits per heavy atom. The number of carbonyl (C=O) groups excluding carboxylic acids is 1. The fourth-order valence-electron chi connectivity index (χ4n) is 5.58. The van der Waals surface area contributed by atoms with Crippen LogP contribution in [-0.4, -0.2) is 59.5 Å². The molecule has 0 atom stereocenters. The van der Waals surface area contributed by atoms with Crippen LogP contribution in [0.5, 0.6) is 29.0 Å². The molecule has 60 heavy (non-hydrogen) atoms. The molecule has 2 aromatic carbocycles. The zero-order valence-electron chi connectivity index (χ0n) is 34.1. The number of ether oxygens (including phenoxy) is 4. The highest BCUT2D eigenvalue weighted by Gasteiger charge is 2.32. The summed E-state index contributed by atoms with van der Waals surface area (Å²) in [6.45, 7) is 12.9. The highest BCUT2D eigenvalue weighted by atomic mass is 31.2. The van der Waals surface area contributed by atoms with E-state index in [0.717, 1.165) is 35.5 Å². The van der Waals surface area contributed by atoms with Crippen molar-refractivity contribution in [2.45, 2.75) is 78.5 Å². The van der Waals surface area contributed by atoms with Crippen LogP contribution in [0.15, 0.2) is 84.7 Å². The molecule has 0 N–H and O–H groups in total. The molecule has 326 valence electrons. The molecule has 0 bridgehead atoms. The van der Waals surface area contributed by atoms with Crippen LogP contribution in [-0.2, 0) is 36.9 Å². The molecule has 0 aliphatic carbocycles. The Morgan fingerprint density at radius 3 is 1.77 bits per heavy atom. The summed E-state index contributed by atoms with van der Waals surface area (Å²) in [5.41, 5.74) is 0.407. The van der Waals surface area contributed by atoms with Crippen molar-refractivity contribution in [2.24, 2.45) is 0 Å². The number of pyridine rings is 2. The van der Waals surface area contributed by atoms with Gasteiger partial charge in [0.25, 0.3) is 0 Å². The zero-order chi connectivity index (χ0) is 44.1. The summed E-state index contributed by atoms with van der Waals surface area (Å²) in [7, 11) is -3.26. The predicted molar refractivity (Wildman–Crippen MR) is 212 cm³/mol. The van der Waals surface area contributed by atoms with Gasteiger partial charge in [0.1, 0.15) is 22.8 Å². The number of carbonyl (C=O) groups is 1. The monoisotopic (exact) mass is 867 g/mol. The Kier molecular flexibility index (Phi) is 16.6. The van der Waals surface area contributed by atoms with E-state index < -0.39 is 36.7 Å². The van der Waals surface area contributed by atoms with E-state index in [1.807, 2.05) is 39.8 Å². The van der Waals surface area contributed by atoms with Crippen LogP contribution in [0.1, 0.15) is 76.6 Å². The first-order chi connectivity index (χ1) is 28.2. The molecule has 18 heteroatoms. The van der Waals surface area contributed by atoms with Crippen LogP contribution in [0.25, 0.3) is 6.08 Å². The minimum atomic E-state index is -4.46.